The summed E-state index contributed by atoms with van der Waals surface area (Å²) in [5.41, 5.74) is 0.143. The van der Waals surface area contributed by atoms with Gasteiger partial charge in [0.05, 0.1) is 30.2 Å². The van der Waals surface area contributed by atoms with Gasteiger partial charge in [-0.3, -0.25) is 14.9 Å². The van der Waals surface area contributed by atoms with Crippen molar-refractivity contribution >= 4 is 40.6 Å². The number of methoxy groups -OCH3 is 1. The van der Waals surface area contributed by atoms with Gasteiger partial charge in [0.1, 0.15) is 12.1 Å². The van der Waals surface area contributed by atoms with Crippen LogP contribution in [0.1, 0.15) is 19.8 Å². The van der Waals surface area contributed by atoms with Gasteiger partial charge in [-0.1, -0.05) is 11.6 Å². The second-order valence-corrected chi connectivity index (χ2v) is 7.09. The number of nitrogens with zero attached hydrogens (tertiary/aromatic N) is 4. The van der Waals surface area contributed by atoms with Crippen LogP contribution in [0.4, 0.5) is 23.0 Å². The van der Waals surface area contributed by atoms with Crippen LogP contribution in [0.5, 0.6) is 5.75 Å². The summed E-state index contributed by atoms with van der Waals surface area (Å²) in [6.45, 7) is 2.86. The Labute approximate surface area is 178 Å². The van der Waals surface area contributed by atoms with Crippen LogP contribution in [-0.4, -0.2) is 47.7 Å². The van der Waals surface area contributed by atoms with Gasteiger partial charge in [-0.25, -0.2) is 9.97 Å². The topological polar surface area (TPSA) is 120 Å². The molecule has 0 bridgehead atoms. The van der Waals surface area contributed by atoms with Crippen LogP contribution in [0.25, 0.3) is 0 Å². The molecule has 1 N–H and O–H groups in total. The molecule has 1 unspecified atom stereocenters. The van der Waals surface area contributed by atoms with Crippen molar-refractivity contribution in [3.05, 3.63) is 39.7 Å². The molecule has 1 atom stereocenters. The summed E-state index contributed by atoms with van der Waals surface area (Å²) < 4.78 is 10.4. The first-order valence-electron chi connectivity index (χ1n) is 9.46. The van der Waals surface area contributed by atoms with E-state index in [9.17, 15) is 14.9 Å². The molecule has 0 radical (unpaired) electrons. The Balaban J connectivity index is 1.95. The molecule has 160 valence electrons. The lowest BCUT2D eigenvalue weighted by Gasteiger charge is -2.32. The Morgan fingerprint density at radius 1 is 1.43 bits per heavy atom. The van der Waals surface area contributed by atoms with Gasteiger partial charge in [0.25, 0.3) is 0 Å². The summed E-state index contributed by atoms with van der Waals surface area (Å²) in [6, 6.07) is 4.88. The number of halogens is 1. The minimum absolute atomic E-state index is 0.00354. The third kappa shape index (κ3) is 4.70. The molecule has 30 heavy (non-hydrogen) atoms. The Morgan fingerprint density at radius 2 is 2.23 bits per heavy atom. The van der Waals surface area contributed by atoms with E-state index in [1.54, 1.807) is 30.0 Å². The van der Waals surface area contributed by atoms with E-state index >= 15 is 0 Å². The maximum atomic E-state index is 12.2. The Kier molecular flexibility index (Phi) is 6.88. The fourth-order valence-electron chi connectivity index (χ4n) is 3.39. The minimum Gasteiger partial charge on any atom is -0.495 e. The highest BCUT2D eigenvalue weighted by Crippen LogP contribution is 2.38. The van der Waals surface area contributed by atoms with Crippen LogP contribution >= 0.6 is 11.6 Å². The molecular weight excluding hydrogens is 414 g/mol. The van der Waals surface area contributed by atoms with Crippen LogP contribution in [0.3, 0.4) is 0 Å². The first kappa shape index (κ1) is 21.6. The molecule has 1 saturated heterocycles. The number of nitrogens with one attached hydrogen (secondary N) is 1. The van der Waals surface area contributed by atoms with Crippen molar-refractivity contribution < 1.29 is 19.2 Å². The van der Waals surface area contributed by atoms with Crippen LogP contribution in [0.2, 0.25) is 5.02 Å². The van der Waals surface area contributed by atoms with Gasteiger partial charge in [0.15, 0.2) is 0 Å². The smallest absolute Gasteiger partial charge is 0.353 e. The van der Waals surface area contributed by atoms with E-state index in [0.717, 1.165) is 0 Å². The summed E-state index contributed by atoms with van der Waals surface area (Å²) in [7, 11) is 1.48. The standard InChI is InChI=1S/C19H22ClN5O5/c1-3-30-19(26)12-5-4-8-24(10-12)18-16(25(27)28)17(21-11-22-18)23-14-9-13(20)6-7-15(14)29-2/h6-7,9,11-12H,3-5,8,10H2,1-2H3,(H,21,22,23). The largest absolute Gasteiger partial charge is 0.495 e. The summed E-state index contributed by atoms with van der Waals surface area (Å²) in [6.07, 6.45) is 2.60. The molecule has 0 aliphatic carbocycles. The highest BCUT2D eigenvalue weighted by Gasteiger charge is 2.33. The zero-order valence-electron chi connectivity index (χ0n) is 16.6. The second-order valence-electron chi connectivity index (χ2n) is 6.66. The monoisotopic (exact) mass is 435 g/mol. The van der Waals surface area contributed by atoms with Crippen molar-refractivity contribution in [3.63, 3.8) is 0 Å². The number of rotatable bonds is 7. The maximum absolute atomic E-state index is 12.2. The first-order valence-corrected chi connectivity index (χ1v) is 9.83. The summed E-state index contributed by atoms with van der Waals surface area (Å²) in [4.78, 5) is 33.5. The quantitative estimate of drug-likeness (QED) is 0.395. The Hall–Kier alpha value is -3.14. The van der Waals surface area contributed by atoms with E-state index in [1.807, 2.05) is 0 Å². The van der Waals surface area contributed by atoms with Crippen molar-refractivity contribution in [1.29, 1.82) is 0 Å². The van der Waals surface area contributed by atoms with E-state index in [0.29, 0.717) is 42.5 Å². The number of benzene rings is 1. The number of nitro groups is 1. The molecule has 11 heteroatoms. The van der Waals surface area contributed by atoms with Crippen molar-refractivity contribution in [2.45, 2.75) is 19.8 Å². The number of ether oxygens (including phenoxy) is 2. The van der Waals surface area contributed by atoms with Crippen molar-refractivity contribution in [2.75, 3.05) is 37.0 Å². The number of piperidine rings is 1. The molecule has 2 heterocycles. The maximum Gasteiger partial charge on any atom is 0.353 e. The van der Waals surface area contributed by atoms with E-state index in [-0.39, 0.29) is 35.8 Å². The van der Waals surface area contributed by atoms with E-state index in [1.165, 1.54) is 13.4 Å². The fraction of sp³-hybridized carbons (Fsp3) is 0.421. The summed E-state index contributed by atoms with van der Waals surface area (Å²) >= 11 is 6.05. The lowest BCUT2D eigenvalue weighted by molar-refractivity contribution is -0.383. The molecule has 10 nitrogen and oxygen atoms in total. The molecule has 3 rings (SSSR count). The SMILES string of the molecule is CCOC(=O)C1CCCN(c2ncnc(Nc3cc(Cl)ccc3OC)c2[N+](=O)[O-])C1. The van der Waals surface area contributed by atoms with Gasteiger partial charge in [-0.05, 0) is 38.0 Å². The molecular formula is C19H22ClN5O5. The highest BCUT2D eigenvalue weighted by atomic mass is 35.5. The van der Waals surface area contributed by atoms with Gasteiger partial charge in [0.2, 0.25) is 11.6 Å². The van der Waals surface area contributed by atoms with Crippen LogP contribution in [0, 0.1) is 16.0 Å². The fourth-order valence-corrected chi connectivity index (χ4v) is 3.56. The van der Waals surface area contributed by atoms with E-state index in [2.05, 4.69) is 15.3 Å². The minimum atomic E-state index is -0.539. The number of esters is 1. The van der Waals surface area contributed by atoms with Crippen molar-refractivity contribution in [3.8, 4) is 5.75 Å². The number of aromatic nitrogens is 2. The zero-order chi connectivity index (χ0) is 21.7. The summed E-state index contributed by atoms with van der Waals surface area (Å²) in [5, 5.41) is 15.3. The number of hydrogen-bond acceptors (Lipinski definition) is 9. The molecule has 1 aliphatic heterocycles. The van der Waals surface area contributed by atoms with Gasteiger partial charge in [0, 0.05) is 18.1 Å². The number of carbonyl (C=O) groups is 1. The highest BCUT2D eigenvalue weighted by molar-refractivity contribution is 6.31. The normalized spacial score (nSPS) is 16.1. The Bertz CT molecular complexity index is 942. The lowest BCUT2D eigenvalue weighted by Crippen LogP contribution is -2.40. The molecule has 0 spiro atoms. The molecule has 1 aromatic heterocycles. The van der Waals surface area contributed by atoms with Crippen LogP contribution in [0.15, 0.2) is 24.5 Å². The van der Waals surface area contributed by atoms with E-state index in [4.69, 9.17) is 21.1 Å². The van der Waals surface area contributed by atoms with Gasteiger partial charge < -0.3 is 19.7 Å². The molecule has 1 aliphatic rings. The average molecular weight is 436 g/mol. The molecule has 1 aromatic carbocycles. The van der Waals surface area contributed by atoms with Crippen molar-refractivity contribution in [2.24, 2.45) is 5.92 Å². The second kappa shape index (κ2) is 9.57. The third-order valence-corrected chi connectivity index (χ3v) is 4.98. The zero-order valence-corrected chi connectivity index (χ0v) is 17.4. The lowest BCUT2D eigenvalue weighted by atomic mass is 9.98. The third-order valence-electron chi connectivity index (χ3n) is 4.74. The number of hydrogen-bond donors (Lipinski definition) is 1. The van der Waals surface area contributed by atoms with Gasteiger partial charge >= 0.3 is 11.7 Å². The van der Waals surface area contributed by atoms with E-state index < -0.39 is 4.92 Å². The summed E-state index contributed by atoms with van der Waals surface area (Å²) in [5.74, 6) is -0.0656. The molecule has 1 fully saturated rings. The van der Waals surface area contributed by atoms with Gasteiger partial charge in [-0.2, -0.15) is 0 Å². The molecule has 0 amide bonds. The molecule has 0 saturated carbocycles. The van der Waals surface area contributed by atoms with Crippen molar-refractivity contribution in [1.82, 2.24) is 9.97 Å². The number of anilines is 3. The number of carbonyl (C=O) groups excluding carboxylic acids is 1. The average Bonchev–Trinajstić information content (AvgIpc) is 2.74. The predicted octanol–water partition coefficient (Wildman–Crippen LogP) is 3.57. The Morgan fingerprint density at radius 3 is 2.93 bits per heavy atom. The van der Waals surface area contributed by atoms with Gasteiger partial charge in [-0.15, -0.1) is 0 Å². The van der Waals surface area contributed by atoms with Crippen LogP contribution < -0.4 is 15.0 Å². The first-order chi connectivity index (χ1) is 14.4. The molecule has 2 aromatic rings. The predicted molar refractivity (Wildman–Crippen MR) is 112 cm³/mol. The van der Waals surface area contributed by atoms with Crippen LogP contribution in [-0.2, 0) is 9.53 Å².